The Bertz CT molecular complexity index is 1460. The molecule has 0 aliphatic rings. The van der Waals surface area contributed by atoms with E-state index in [1.807, 2.05) is 0 Å². The predicted molar refractivity (Wildman–Crippen MR) is 296 cm³/mol. The SMILES string of the molecule is CCCCCCCCCCCCCCCCC=CCCc1ccccc1N=C(CCCC)C(CCCCC)=Nc1ccccc1CCC=CCCCCCCCCCCCCCCCC. The number of rotatable bonds is 46. The first kappa shape index (κ1) is 58.4. The van der Waals surface area contributed by atoms with Crippen LogP contribution < -0.4 is 0 Å². The van der Waals surface area contributed by atoms with Crippen molar-refractivity contribution in [2.24, 2.45) is 9.98 Å². The molecule has 0 aliphatic carbocycles. The molecule has 0 aliphatic heterocycles. The van der Waals surface area contributed by atoms with E-state index in [-0.39, 0.29) is 0 Å². The summed E-state index contributed by atoms with van der Waals surface area (Å²) in [5.74, 6) is 0. The van der Waals surface area contributed by atoms with Crippen LogP contribution in [0.4, 0.5) is 11.4 Å². The highest BCUT2D eigenvalue weighted by Gasteiger charge is 2.13. The lowest BCUT2D eigenvalue weighted by atomic mass is 10.0. The van der Waals surface area contributed by atoms with Crippen LogP contribution in [0.15, 0.2) is 82.8 Å². The third-order valence-corrected chi connectivity index (χ3v) is 13.6. The number of hydrogen-bond acceptors (Lipinski definition) is 2. The minimum absolute atomic E-state index is 0.985. The molecule has 0 fully saturated rings. The second-order valence-corrected chi connectivity index (χ2v) is 19.7. The Morgan fingerprint density at radius 2 is 0.585 bits per heavy atom. The van der Waals surface area contributed by atoms with Crippen LogP contribution in [-0.4, -0.2) is 11.4 Å². The van der Waals surface area contributed by atoms with Gasteiger partial charge in [0.25, 0.3) is 0 Å². The molecule has 2 aromatic rings. The lowest BCUT2D eigenvalue weighted by Gasteiger charge is -2.14. The number of unbranched alkanes of at least 4 members (excludes halogenated alkanes) is 31. The maximum absolute atomic E-state index is 5.51. The van der Waals surface area contributed by atoms with Crippen molar-refractivity contribution in [2.75, 3.05) is 0 Å². The van der Waals surface area contributed by atoms with Gasteiger partial charge in [0.05, 0.1) is 22.8 Å². The van der Waals surface area contributed by atoms with E-state index in [9.17, 15) is 0 Å². The molecule has 0 radical (unpaired) electrons. The summed E-state index contributed by atoms with van der Waals surface area (Å²) < 4.78 is 0. The Kier molecular flexibility index (Phi) is 40.5. The van der Waals surface area contributed by atoms with Gasteiger partial charge in [-0.15, -0.1) is 0 Å². The number of hydrogen-bond donors (Lipinski definition) is 0. The molecule has 0 amide bonds. The highest BCUT2D eigenvalue weighted by atomic mass is 14.8. The van der Waals surface area contributed by atoms with Crippen LogP contribution in [0, 0.1) is 0 Å². The second-order valence-electron chi connectivity index (χ2n) is 19.7. The maximum atomic E-state index is 5.51. The lowest BCUT2D eigenvalue weighted by Crippen LogP contribution is -2.15. The van der Waals surface area contributed by atoms with Crippen molar-refractivity contribution < 1.29 is 0 Å². The molecule has 0 saturated heterocycles. The quantitative estimate of drug-likeness (QED) is 0.0359. The van der Waals surface area contributed by atoms with Crippen LogP contribution in [0.1, 0.15) is 289 Å². The molecule has 0 N–H and O–H groups in total. The van der Waals surface area contributed by atoms with Crippen molar-refractivity contribution in [1.29, 1.82) is 0 Å². The molecular weight excluding hydrogens is 785 g/mol. The van der Waals surface area contributed by atoms with Gasteiger partial charge in [0.2, 0.25) is 0 Å². The second kappa shape index (κ2) is 45.1. The van der Waals surface area contributed by atoms with E-state index in [1.54, 1.807) is 0 Å². The Balaban J connectivity index is 1.85. The maximum Gasteiger partial charge on any atom is 0.0665 e. The third-order valence-electron chi connectivity index (χ3n) is 13.6. The minimum atomic E-state index is 0.985. The molecule has 0 aromatic heterocycles. The molecule has 0 unspecified atom stereocenters. The Labute approximate surface area is 406 Å². The highest BCUT2D eigenvalue weighted by molar-refractivity contribution is 6.43. The number of nitrogens with zero attached hydrogens (tertiary/aromatic N) is 2. The summed E-state index contributed by atoms with van der Waals surface area (Å²) in [5, 5.41) is 0. The smallest absolute Gasteiger partial charge is 0.0665 e. The number of para-hydroxylation sites is 2. The van der Waals surface area contributed by atoms with E-state index in [0.29, 0.717) is 0 Å². The number of benzene rings is 2. The van der Waals surface area contributed by atoms with E-state index in [2.05, 4.69) is 101 Å². The largest absolute Gasteiger partial charge is 0.251 e. The first-order valence-electron chi connectivity index (χ1n) is 28.8. The van der Waals surface area contributed by atoms with E-state index >= 15 is 0 Å². The summed E-state index contributed by atoms with van der Waals surface area (Å²) >= 11 is 0. The van der Waals surface area contributed by atoms with Gasteiger partial charge in [0, 0.05) is 0 Å². The molecule has 0 heterocycles. The summed E-state index contributed by atoms with van der Waals surface area (Å²) in [6, 6.07) is 17.8. The minimum Gasteiger partial charge on any atom is -0.251 e. The van der Waals surface area contributed by atoms with Crippen molar-refractivity contribution >= 4 is 22.8 Å². The van der Waals surface area contributed by atoms with Gasteiger partial charge < -0.3 is 0 Å². The fourth-order valence-corrected chi connectivity index (χ4v) is 9.23. The molecule has 0 saturated carbocycles. The summed E-state index contributed by atoms with van der Waals surface area (Å²) in [6.07, 6.45) is 64.1. The van der Waals surface area contributed by atoms with E-state index in [0.717, 1.165) is 69.2 Å². The molecule has 2 aromatic carbocycles. The van der Waals surface area contributed by atoms with Gasteiger partial charge in [0.1, 0.15) is 0 Å². The predicted octanol–water partition coefficient (Wildman–Crippen LogP) is 22.0. The molecule has 65 heavy (non-hydrogen) atoms. The highest BCUT2D eigenvalue weighted by Crippen LogP contribution is 2.26. The fraction of sp³-hybridized carbons (Fsp3) is 0.714. The molecule has 2 rings (SSSR count). The van der Waals surface area contributed by atoms with Gasteiger partial charge in [-0.25, -0.2) is 0 Å². The third kappa shape index (κ3) is 33.4. The van der Waals surface area contributed by atoms with Crippen molar-refractivity contribution in [2.45, 2.75) is 291 Å². The summed E-state index contributed by atoms with van der Waals surface area (Å²) in [4.78, 5) is 11.0. The first-order valence-corrected chi connectivity index (χ1v) is 28.8. The molecule has 0 bridgehead atoms. The Morgan fingerprint density at radius 1 is 0.308 bits per heavy atom. The number of aliphatic imine (C=N–C) groups is 2. The van der Waals surface area contributed by atoms with E-state index in [1.165, 1.54) is 228 Å². The molecule has 368 valence electrons. The van der Waals surface area contributed by atoms with Gasteiger partial charge in [-0.3, -0.25) is 9.98 Å². The molecule has 2 nitrogen and oxygen atoms in total. The van der Waals surface area contributed by atoms with Gasteiger partial charge in [0.15, 0.2) is 0 Å². The summed E-state index contributed by atoms with van der Waals surface area (Å²) in [6.45, 7) is 9.21. The van der Waals surface area contributed by atoms with Crippen LogP contribution in [0.2, 0.25) is 0 Å². The van der Waals surface area contributed by atoms with Crippen LogP contribution >= 0.6 is 0 Å². The Morgan fingerprint density at radius 3 is 0.938 bits per heavy atom. The van der Waals surface area contributed by atoms with Crippen LogP contribution in [0.5, 0.6) is 0 Å². The zero-order chi connectivity index (χ0) is 46.4. The van der Waals surface area contributed by atoms with E-state index in [4.69, 9.17) is 9.98 Å². The summed E-state index contributed by atoms with van der Waals surface area (Å²) in [7, 11) is 0. The average Bonchev–Trinajstić information content (AvgIpc) is 3.32. The fourth-order valence-electron chi connectivity index (χ4n) is 9.23. The monoisotopic (exact) mass is 891 g/mol. The average molecular weight is 892 g/mol. The molecule has 2 heteroatoms. The topological polar surface area (TPSA) is 24.7 Å². The van der Waals surface area contributed by atoms with Crippen molar-refractivity contribution in [3.8, 4) is 0 Å². The van der Waals surface area contributed by atoms with Gasteiger partial charge in [-0.1, -0.05) is 275 Å². The summed E-state index contributed by atoms with van der Waals surface area (Å²) in [5.41, 5.74) is 7.40. The van der Waals surface area contributed by atoms with Gasteiger partial charge in [-0.05, 0) is 100 Å². The van der Waals surface area contributed by atoms with Gasteiger partial charge in [-0.2, -0.15) is 0 Å². The standard InChI is InChI=1S/C63H106N2/c1-5-9-13-15-17-19-21-23-25-27-29-31-33-35-37-39-41-44-50-58-52-46-48-55-60(58)64-62(54-12-8-4)63(57-43-11-7-3)65-61-56-49-47-53-59(61)51-45-42-40-38-36-34-32-30-28-26-24-22-20-18-16-14-10-6-2/h39-42,46-49,52-53,55-56H,5-38,43-45,50-51,54,57H2,1-4H3. The van der Waals surface area contributed by atoms with Crippen molar-refractivity contribution in [1.82, 2.24) is 0 Å². The zero-order valence-corrected chi connectivity index (χ0v) is 43.8. The molecular formula is C63H106N2. The first-order chi connectivity index (χ1) is 32.2. The zero-order valence-electron chi connectivity index (χ0n) is 43.8. The van der Waals surface area contributed by atoms with Crippen LogP contribution in [0.3, 0.4) is 0 Å². The van der Waals surface area contributed by atoms with Crippen molar-refractivity contribution in [3.05, 3.63) is 84.0 Å². The number of aryl methyl sites for hydroxylation is 2. The van der Waals surface area contributed by atoms with Crippen LogP contribution in [-0.2, 0) is 12.8 Å². The Hall–Kier alpha value is -2.74. The van der Waals surface area contributed by atoms with Crippen LogP contribution in [0.25, 0.3) is 0 Å². The normalized spacial score (nSPS) is 12.4. The van der Waals surface area contributed by atoms with E-state index < -0.39 is 0 Å². The number of allylic oxidation sites excluding steroid dienone is 4. The van der Waals surface area contributed by atoms with Crippen molar-refractivity contribution in [3.63, 3.8) is 0 Å². The molecule has 0 spiro atoms. The van der Waals surface area contributed by atoms with Gasteiger partial charge >= 0.3 is 0 Å². The molecule has 0 atom stereocenters. The lowest BCUT2D eigenvalue weighted by molar-refractivity contribution is 0.536.